The predicted molar refractivity (Wildman–Crippen MR) is 119 cm³/mol. The Kier molecular flexibility index (Phi) is 7.87. The molecule has 6 nitrogen and oxygen atoms in total. The zero-order valence-corrected chi connectivity index (χ0v) is 18.3. The Bertz CT molecular complexity index is 927. The molecule has 3 rings (SSSR count). The van der Waals surface area contributed by atoms with Gasteiger partial charge in [0.2, 0.25) is 5.88 Å². The molecule has 1 unspecified atom stereocenters. The van der Waals surface area contributed by atoms with E-state index in [1.807, 2.05) is 54.1 Å². The quantitative estimate of drug-likeness (QED) is 0.515. The van der Waals surface area contributed by atoms with Gasteiger partial charge >= 0.3 is 0 Å². The van der Waals surface area contributed by atoms with Gasteiger partial charge in [-0.05, 0) is 50.2 Å². The average molecular weight is 430 g/mol. The second-order valence-electron chi connectivity index (χ2n) is 7.25. The number of benzene rings is 2. The number of halogens is 1. The van der Waals surface area contributed by atoms with Gasteiger partial charge in [0.15, 0.2) is 0 Å². The molecule has 3 aromatic rings. The minimum atomic E-state index is -0.452. The number of nitrogens with zero attached hydrogens (tertiary/aromatic N) is 3. The van der Waals surface area contributed by atoms with Gasteiger partial charge in [-0.25, -0.2) is 4.68 Å². The molecule has 30 heavy (non-hydrogen) atoms. The molecule has 1 heterocycles. The van der Waals surface area contributed by atoms with Crippen LogP contribution in [0.2, 0.25) is 5.02 Å². The molecule has 0 saturated heterocycles. The lowest BCUT2D eigenvalue weighted by Crippen LogP contribution is -2.33. The number of hydrogen-bond acceptors (Lipinski definition) is 5. The van der Waals surface area contributed by atoms with Crippen LogP contribution in [0.5, 0.6) is 11.6 Å². The van der Waals surface area contributed by atoms with Crippen molar-refractivity contribution >= 4 is 11.6 Å². The van der Waals surface area contributed by atoms with E-state index in [2.05, 4.69) is 4.90 Å². The van der Waals surface area contributed by atoms with Crippen molar-refractivity contribution in [2.75, 3.05) is 26.8 Å². The highest BCUT2D eigenvalue weighted by atomic mass is 35.5. The minimum absolute atomic E-state index is 0.452. The Balaban J connectivity index is 2.00. The number of aliphatic hydroxyl groups is 1. The van der Waals surface area contributed by atoms with Crippen LogP contribution >= 0.6 is 11.6 Å². The molecule has 1 atom stereocenters. The van der Waals surface area contributed by atoms with E-state index >= 15 is 0 Å². The second kappa shape index (κ2) is 10.6. The van der Waals surface area contributed by atoms with Crippen molar-refractivity contribution < 1.29 is 14.6 Å². The number of methoxy groups -OCH3 is 1. The molecule has 0 fully saturated rings. The van der Waals surface area contributed by atoms with Crippen molar-refractivity contribution in [2.24, 2.45) is 0 Å². The van der Waals surface area contributed by atoms with Crippen LogP contribution in [-0.2, 0) is 11.3 Å². The van der Waals surface area contributed by atoms with E-state index < -0.39 is 6.10 Å². The van der Waals surface area contributed by atoms with Gasteiger partial charge in [-0.3, -0.25) is 4.90 Å². The lowest BCUT2D eigenvalue weighted by Gasteiger charge is -2.23. The van der Waals surface area contributed by atoms with Crippen molar-refractivity contribution in [3.05, 3.63) is 70.9 Å². The normalized spacial score (nSPS) is 12.3. The molecule has 2 aromatic carbocycles. The molecular formula is C23H28ClN3O3. The van der Waals surface area contributed by atoms with Crippen LogP contribution in [0.4, 0.5) is 0 Å². The molecule has 1 aromatic heterocycles. The molecule has 1 N–H and O–H groups in total. The summed E-state index contributed by atoms with van der Waals surface area (Å²) >= 11 is 6.03. The van der Waals surface area contributed by atoms with E-state index in [-0.39, 0.29) is 0 Å². The fraction of sp³-hybridized carbons (Fsp3) is 0.348. The van der Waals surface area contributed by atoms with Crippen LogP contribution in [0, 0.1) is 6.92 Å². The maximum atomic E-state index is 9.94. The predicted octanol–water partition coefficient (Wildman–Crippen LogP) is 4.46. The number of aliphatic hydroxyl groups excluding tert-OH is 1. The summed E-state index contributed by atoms with van der Waals surface area (Å²) in [6.07, 6.45) is -0.452. The molecule has 0 bridgehead atoms. The second-order valence-corrected chi connectivity index (χ2v) is 7.69. The lowest BCUT2D eigenvalue weighted by molar-refractivity contribution is 0.0934. The lowest BCUT2D eigenvalue weighted by atomic mass is 10.2. The van der Waals surface area contributed by atoms with Gasteiger partial charge in [0.25, 0.3) is 0 Å². The van der Waals surface area contributed by atoms with Crippen molar-refractivity contribution in [1.82, 2.24) is 14.7 Å². The summed E-state index contributed by atoms with van der Waals surface area (Å²) in [5.41, 5.74) is 2.75. The minimum Gasteiger partial charge on any atom is -0.439 e. The number of aromatic nitrogens is 2. The average Bonchev–Trinajstić information content (AvgIpc) is 3.03. The maximum absolute atomic E-state index is 9.94. The third kappa shape index (κ3) is 5.83. The third-order valence-electron chi connectivity index (χ3n) is 4.68. The number of hydrogen-bond donors (Lipinski definition) is 1. The monoisotopic (exact) mass is 429 g/mol. The smallest absolute Gasteiger partial charge is 0.227 e. The summed E-state index contributed by atoms with van der Waals surface area (Å²) in [5, 5.41) is 15.3. The molecule has 0 amide bonds. The first-order valence-corrected chi connectivity index (χ1v) is 10.3. The van der Waals surface area contributed by atoms with Crippen molar-refractivity contribution in [1.29, 1.82) is 0 Å². The summed E-state index contributed by atoms with van der Waals surface area (Å²) in [4.78, 5) is 2.14. The fourth-order valence-corrected chi connectivity index (χ4v) is 3.36. The summed E-state index contributed by atoms with van der Waals surface area (Å²) < 4.78 is 13.4. The molecule has 0 saturated carbocycles. The Morgan fingerprint density at radius 1 is 1.13 bits per heavy atom. The highest BCUT2D eigenvalue weighted by molar-refractivity contribution is 6.30. The topological polar surface area (TPSA) is 59.8 Å². The van der Waals surface area contributed by atoms with Gasteiger partial charge in [-0.15, -0.1) is 0 Å². The number of aryl methyl sites for hydroxylation is 1. The Hall–Kier alpha value is -2.38. The highest BCUT2D eigenvalue weighted by Gasteiger charge is 2.22. The number of para-hydroxylation sites is 1. The summed E-state index contributed by atoms with van der Waals surface area (Å²) in [7, 11) is 1.67. The van der Waals surface area contributed by atoms with E-state index in [0.717, 1.165) is 16.9 Å². The van der Waals surface area contributed by atoms with E-state index in [4.69, 9.17) is 26.2 Å². The first-order valence-electron chi connectivity index (χ1n) is 9.94. The SMILES string of the molecule is COCCN(Cc1c(C)nn(-c2ccccc2)c1Oc1ccc(Cl)cc1)CC(C)O. The molecular weight excluding hydrogens is 402 g/mol. The molecule has 0 aliphatic rings. The van der Waals surface area contributed by atoms with Crippen molar-refractivity contribution in [3.8, 4) is 17.3 Å². The maximum Gasteiger partial charge on any atom is 0.227 e. The van der Waals surface area contributed by atoms with Crippen LogP contribution in [0.15, 0.2) is 54.6 Å². The zero-order valence-electron chi connectivity index (χ0n) is 17.6. The van der Waals surface area contributed by atoms with Crippen LogP contribution in [-0.4, -0.2) is 52.7 Å². The van der Waals surface area contributed by atoms with Gasteiger partial charge in [-0.1, -0.05) is 29.8 Å². The van der Waals surface area contributed by atoms with E-state index in [0.29, 0.717) is 42.9 Å². The van der Waals surface area contributed by atoms with E-state index in [1.165, 1.54) is 0 Å². The molecule has 0 aliphatic carbocycles. The van der Waals surface area contributed by atoms with Gasteiger partial charge in [0.1, 0.15) is 5.75 Å². The van der Waals surface area contributed by atoms with Gasteiger partial charge in [0, 0.05) is 31.8 Å². The molecule has 7 heteroatoms. The first kappa shape index (κ1) is 22.3. The van der Waals surface area contributed by atoms with E-state index in [9.17, 15) is 5.11 Å². The van der Waals surface area contributed by atoms with Gasteiger partial charge in [0.05, 0.1) is 29.7 Å². The van der Waals surface area contributed by atoms with Crippen LogP contribution in [0.1, 0.15) is 18.2 Å². The molecule has 160 valence electrons. The zero-order chi connectivity index (χ0) is 21.5. The van der Waals surface area contributed by atoms with Gasteiger partial charge < -0.3 is 14.6 Å². The summed E-state index contributed by atoms with van der Waals surface area (Å²) in [5.74, 6) is 1.32. The van der Waals surface area contributed by atoms with Crippen molar-refractivity contribution in [3.63, 3.8) is 0 Å². The molecule has 0 spiro atoms. The Morgan fingerprint density at radius 3 is 2.47 bits per heavy atom. The van der Waals surface area contributed by atoms with Crippen LogP contribution < -0.4 is 4.74 Å². The van der Waals surface area contributed by atoms with Crippen LogP contribution in [0.25, 0.3) is 5.69 Å². The largest absolute Gasteiger partial charge is 0.439 e. The summed E-state index contributed by atoms with van der Waals surface area (Å²) in [6.45, 7) is 6.13. The summed E-state index contributed by atoms with van der Waals surface area (Å²) in [6, 6.07) is 17.1. The first-order chi connectivity index (χ1) is 14.5. The standard InChI is InChI=1S/C23H28ClN3O3/c1-17(28)15-26(13-14-29-3)16-22-18(2)25-27(20-7-5-4-6-8-20)23(22)30-21-11-9-19(24)10-12-21/h4-12,17,28H,13-16H2,1-3H3. The number of rotatable bonds is 10. The Labute approximate surface area is 182 Å². The van der Waals surface area contributed by atoms with Gasteiger partial charge in [-0.2, -0.15) is 5.10 Å². The van der Waals surface area contributed by atoms with Crippen LogP contribution in [0.3, 0.4) is 0 Å². The highest BCUT2D eigenvalue weighted by Crippen LogP contribution is 2.32. The molecule has 0 radical (unpaired) electrons. The number of ether oxygens (including phenoxy) is 2. The molecule has 0 aliphatic heterocycles. The Morgan fingerprint density at radius 2 is 1.83 bits per heavy atom. The third-order valence-corrected chi connectivity index (χ3v) is 4.93. The van der Waals surface area contributed by atoms with Crippen molar-refractivity contribution in [2.45, 2.75) is 26.5 Å². The fourth-order valence-electron chi connectivity index (χ4n) is 3.24. The van der Waals surface area contributed by atoms with E-state index in [1.54, 1.807) is 26.2 Å².